The highest BCUT2D eigenvalue weighted by Gasteiger charge is 2.25. The van der Waals surface area contributed by atoms with Crippen LogP contribution in [0.2, 0.25) is 5.02 Å². The molecule has 2 aromatic carbocycles. The van der Waals surface area contributed by atoms with E-state index in [9.17, 15) is 14.0 Å². The minimum absolute atomic E-state index is 0.0157. The van der Waals surface area contributed by atoms with Gasteiger partial charge in [0, 0.05) is 32.6 Å². The number of carbonyl (C=O) groups excluding carboxylic acids is 2. The molecule has 0 spiro atoms. The zero-order chi connectivity index (χ0) is 18.5. The molecule has 0 N–H and O–H groups in total. The zero-order valence-corrected chi connectivity index (χ0v) is 15.1. The normalized spacial score (nSPS) is 14.4. The number of hydrogen-bond acceptors (Lipinski definition) is 2. The SMILES string of the molecule is O=C(CCc1ccccc1F)N1CCN(C(=O)c2ccccc2Cl)CC1. The van der Waals surface area contributed by atoms with E-state index in [1.807, 2.05) is 0 Å². The number of nitrogens with zero attached hydrogens (tertiary/aromatic N) is 2. The summed E-state index contributed by atoms with van der Waals surface area (Å²) in [5.74, 6) is -0.414. The highest BCUT2D eigenvalue weighted by molar-refractivity contribution is 6.33. The van der Waals surface area contributed by atoms with Crippen molar-refractivity contribution >= 4 is 23.4 Å². The number of amides is 2. The third-order valence-electron chi connectivity index (χ3n) is 4.59. The maximum atomic E-state index is 13.6. The lowest BCUT2D eigenvalue weighted by Crippen LogP contribution is -2.50. The van der Waals surface area contributed by atoms with Gasteiger partial charge in [0.05, 0.1) is 10.6 Å². The van der Waals surface area contributed by atoms with Crippen molar-refractivity contribution in [2.24, 2.45) is 0 Å². The molecule has 1 saturated heterocycles. The van der Waals surface area contributed by atoms with E-state index < -0.39 is 0 Å². The van der Waals surface area contributed by atoms with Gasteiger partial charge < -0.3 is 9.80 Å². The predicted molar refractivity (Wildman–Crippen MR) is 98.7 cm³/mol. The molecule has 26 heavy (non-hydrogen) atoms. The third kappa shape index (κ3) is 4.22. The second-order valence-electron chi connectivity index (χ2n) is 6.24. The van der Waals surface area contributed by atoms with E-state index in [4.69, 9.17) is 11.6 Å². The molecule has 1 heterocycles. The Hall–Kier alpha value is -2.40. The van der Waals surface area contributed by atoms with E-state index in [1.54, 1.807) is 52.3 Å². The summed E-state index contributed by atoms with van der Waals surface area (Å²) in [6.07, 6.45) is 0.643. The molecular formula is C20H20ClFN2O2. The highest BCUT2D eigenvalue weighted by atomic mass is 35.5. The van der Waals surface area contributed by atoms with Gasteiger partial charge in [-0.3, -0.25) is 9.59 Å². The van der Waals surface area contributed by atoms with Crippen LogP contribution in [-0.4, -0.2) is 47.8 Å². The van der Waals surface area contributed by atoms with Crippen LogP contribution in [0.4, 0.5) is 4.39 Å². The van der Waals surface area contributed by atoms with E-state index in [1.165, 1.54) is 6.07 Å². The molecule has 0 radical (unpaired) electrons. The molecule has 4 nitrogen and oxygen atoms in total. The molecule has 6 heteroatoms. The molecule has 0 atom stereocenters. The number of carbonyl (C=O) groups is 2. The Morgan fingerprint density at radius 3 is 2.23 bits per heavy atom. The fourth-order valence-corrected chi connectivity index (χ4v) is 3.28. The summed E-state index contributed by atoms with van der Waals surface area (Å²) in [5.41, 5.74) is 1.03. The van der Waals surface area contributed by atoms with Crippen LogP contribution in [0.3, 0.4) is 0 Å². The Labute approximate surface area is 157 Å². The summed E-state index contributed by atoms with van der Waals surface area (Å²) in [7, 11) is 0. The van der Waals surface area contributed by atoms with Crippen molar-refractivity contribution in [3.05, 3.63) is 70.5 Å². The van der Waals surface area contributed by atoms with Crippen molar-refractivity contribution in [2.75, 3.05) is 26.2 Å². The van der Waals surface area contributed by atoms with Crippen LogP contribution in [0, 0.1) is 5.82 Å². The number of aryl methyl sites for hydroxylation is 1. The minimum Gasteiger partial charge on any atom is -0.339 e. The van der Waals surface area contributed by atoms with E-state index in [0.29, 0.717) is 48.7 Å². The second-order valence-corrected chi connectivity index (χ2v) is 6.65. The Kier molecular flexibility index (Phi) is 5.89. The average molecular weight is 375 g/mol. The smallest absolute Gasteiger partial charge is 0.255 e. The quantitative estimate of drug-likeness (QED) is 0.823. The lowest BCUT2D eigenvalue weighted by atomic mass is 10.1. The fraction of sp³-hybridized carbons (Fsp3) is 0.300. The molecule has 0 aliphatic carbocycles. The van der Waals surface area contributed by atoms with Crippen LogP contribution in [0.1, 0.15) is 22.3 Å². The van der Waals surface area contributed by atoms with Crippen LogP contribution >= 0.6 is 11.6 Å². The number of halogens is 2. The fourth-order valence-electron chi connectivity index (χ4n) is 3.06. The van der Waals surface area contributed by atoms with E-state index >= 15 is 0 Å². The van der Waals surface area contributed by atoms with Crippen molar-refractivity contribution in [3.8, 4) is 0 Å². The third-order valence-corrected chi connectivity index (χ3v) is 4.92. The average Bonchev–Trinajstić information content (AvgIpc) is 2.67. The van der Waals surface area contributed by atoms with Crippen molar-refractivity contribution in [3.63, 3.8) is 0 Å². The first kappa shape index (κ1) is 18.4. The summed E-state index contributed by atoms with van der Waals surface area (Å²) in [6, 6.07) is 13.5. The van der Waals surface area contributed by atoms with Gasteiger partial charge in [0.15, 0.2) is 0 Å². The second kappa shape index (κ2) is 8.32. The summed E-state index contributed by atoms with van der Waals surface area (Å²) in [5, 5.41) is 0.431. The molecule has 0 aromatic heterocycles. The van der Waals surface area contributed by atoms with E-state index in [0.717, 1.165) is 0 Å². The van der Waals surface area contributed by atoms with Crippen LogP contribution in [0.15, 0.2) is 48.5 Å². The van der Waals surface area contributed by atoms with Gasteiger partial charge in [0.25, 0.3) is 5.91 Å². The van der Waals surface area contributed by atoms with E-state index in [-0.39, 0.29) is 24.1 Å². The first-order valence-electron chi connectivity index (χ1n) is 8.61. The zero-order valence-electron chi connectivity index (χ0n) is 14.3. The predicted octanol–water partition coefficient (Wildman–Crippen LogP) is 3.40. The van der Waals surface area contributed by atoms with Gasteiger partial charge in [-0.2, -0.15) is 0 Å². The van der Waals surface area contributed by atoms with Gasteiger partial charge in [-0.05, 0) is 30.2 Å². The van der Waals surface area contributed by atoms with Crippen molar-refractivity contribution in [1.29, 1.82) is 0 Å². The highest BCUT2D eigenvalue weighted by Crippen LogP contribution is 2.18. The molecule has 0 saturated carbocycles. The van der Waals surface area contributed by atoms with Crippen LogP contribution < -0.4 is 0 Å². The molecule has 3 rings (SSSR count). The lowest BCUT2D eigenvalue weighted by Gasteiger charge is -2.35. The van der Waals surface area contributed by atoms with Gasteiger partial charge in [-0.15, -0.1) is 0 Å². The maximum absolute atomic E-state index is 13.6. The van der Waals surface area contributed by atoms with Gasteiger partial charge in [0.1, 0.15) is 5.82 Å². The van der Waals surface area contributed by atoms with Crippen LogP contribution in [-0.2, 0) is 11.2 Å². The molecule has 1 aliphatic heterocycles. The summed E-state index contributed by atoms with van der Waals surface area (Å²) in [4.78, 5) is 28.3. The van der Waals surface area contributed by atoms with Crippen LogP contribution in [0.5, 0.6) is 0 Å². The summed E-state index contributed by atoms with van der Waals surface area (Å²) >= 11 is 6.09. The van der Waals surface area contributed by atoms with Gasteiger partial charge in [0.2, 0.25) is 5.91 Å². The number of piperazine rings is 1. The monoisotopic (exact) mass is 374 g/mol. The molecule has 1 fully saturated rings. The summed E-state index contributed by atoms with van der Waals surface area (Å²) in [6.45, 7) is 1.89. The van der Waals surface area contributed by atoms with Gasteiger partial charge in [-0.1, -0.05) is 41.9 Å². The van der Waals surface area contributed by atoms with Crippen molar-refractivity contribution in [1.82, 2.24) is 9.80 Å². The first-order chi connectivity index (χ1) is 12.6. The topological polar surface area (TPSA) is 40.6 Å². The molecular weight excluding hydrogens is 355 g/mol. The Balaban J connectivity index is 1.52. The molecule has 2 aromatic rings. The standard InChI is InChI=1S/C20H20ClFN2O2/c21-17-7-3-2-6-16(17)20(26)24-13-11-23(12-14-24)19(25)10-9-15-5-1-4-8-18(15)22/h1-8H,9-14H2. The van der Waals surface area contributed by atoms with Crippen molar-refractivity contribution < 1.29 is 14.0 Å². The van der Waals surface area contributed by atoms with Gasteiger partial charge >= 0.3 is 0 Å². The number of hydrogen-bond donors (Lipinski definition) is 0. The Morgan fingerprint density at radius 1 is 0.923 bits per heavy atom. The largest absolute Gasteiger partial charge is 0.339 e. The first-order valence-corrected chi connectivity index (χ1v) is 8.99. The van der Waals surface area contributed by atoms with E-state index in [2.05, 4.69) is 0 Å². The molecule has 1 aliphatic rings. The summed E-state index contributed by atoms with van der Waals surface area (Å²) < 4.78 is 13.6. The number of rotatable bonds is 4. The van der Waals surface area contributed by atoms with Crippen molar-refractivity contribution in [2.45, 2.75) is 12.8 Å². The number of benzene rings is 2. The Morgan fingerprint density at radius 2 is 1.54 bits per heavy atom. The minimum atomic E-state index is -0.282. The lowest BCUT2D eigenvalue weighted by molar-refractivity contribution is -0.132. The van der Waals surface area contributed by atoms with Gasteiger partial charge in [-0.25, -0.2) is 4.39 Å². The molecule has 0 bridgehead atoms. The molecule has 136 valence electrons. The maximum Gasteiger partial charge on any atom is 0.255 e. The van der Waals surface area contributed by atoms with Crippen LogP contribution in [0.25, 0.3) is 0 Å². The molecule has 2 amide bonds. The molecule has 0 unspecified atom stereocenters. The Bertz CT molecular complexity index is 804.